The molecule has 1 aromatic heterocycles. The van der Waals surface area contributed by atoms with Crippen LogP contribution in [0.1, 0.15) is 43.6 Å². The molecule has 2 heterocycles. The lowest BCUT2D eigenvalue weighted by atomic mass is 9.84. The van der Waals surface area contributed by atoms with Gasteiger partial charge in [0.2, 0.25) is 0 Å². The molecule has 2 aromatic rings. The third kappa shape index (κ3) is 3.30. The van der Waals surface area contributed by atoms with Gasteiger partial charge in [-0.1, -0.05) is 31.4 Å². The monoisotopic (exact) mass is 325 g/mol. The van der Waals surface area contributed by atoms with Gasteiger partial charge in [0.25, 0.3) is 11.6 Å². The van der Waals surface area contributed by atoms with Crippen molar-refractivity contribution < 1.29 is 4.74 Å². The average molecular weight is 325 g/mol. The van der Waals surface area contributed by atoms with Crippen molar-refractivity contribution in [2.24, 2.45) is 0 Å². The predicted octanol–water partition coefficient (Wildman–Crippen LogP) is 3.16. The number of hydrogen-bond donors (Lipinski definition) is 1. The van der Waals surface area contributed by atoms with Gasteiger partial charge in [-0.05, 0) is 36.5 Å². The zero-order valence-corrected chi connectivity index (χ0v) is 13.8. The van der Waals surface area contributed by atoms with Gasteiger partial charge in [-0.25, -0.2) is 0 Å². The van der Waals surface area contributed by atoms with Crippen LogP contribution in [0.3, 0.4) is 0 Å². The molecule has 2 aliphatic rings. The van der Waals surface area contributed by atoms with Gasteiger partial charge in [-0.15, -0.1) is 0 Å². The van der Waals surface area contributed by atoms with Crippen LogP contribution in [0.15, 0.2) is 41.3 Å². The average Bonchev–Trinajstić information content (AvgIpc) is 3.03. The van der Waals surface area contributed by atoms with Gasteiger partial charge < -0.3 is 10.1 Å². The molecule has 4 rings (SSSR count). The number of aromatic nitrogens is 2. The Morgan fingerprint density at radius 2 is 1.92 bits per heavy atom. The van der Waals surface area contributed by atoms with Crippen LogP contribution >= 0.6 is 0 Å². The molecule has 0 radical (unpaired) electrons. The fourth-order valence-electron chi connectivity index (χ4n) is 3.70. The SMILES string of the molecule is O=c1ccn2c(n1)OC(CNc1ccc(C3CCCCC3)cc1)C2. The minimum atomic E-state index is -0.256. The molecule has 0 amide bonds. The third-order valence-electron chi connectivity index (χ3n) is 5.04. The molecule has 1 unspecified atom stereocenters. The minimum absolute atomic E-state index is 0.00248. The minimum Gasteiger partial charge on any atom is -0.457 e. The summed E-state index contributed by atoms with van der Waals surface area (Å²) in [6.45, 7) is 1.41. The van der Waals surface area contributed by atoms with E-state index in [-0.39, 0.29) is 11.7 Å². The van der Waals surface area contributed by atoms with Crippen LogP contribution in [0.4, 0.5) is 5.69 Å². The van der Waals surface area contributed by atoms with Crippen molar-refractivity contribution in [2.75, 3.05) is 11.9 Å². The van der Waals surface area contributed by atoms with Crippen molar-refractivity contribution in [3.8, 4) is 6.01 Å². The summed E-state index contributed by atoms with van der Waals surface area (Å²) in [5.74, 6) is 0.740. The molecule has 5 heteroatoms. The number of anilines is 1. The van der Waals surface area contributed by atoms with E-state index in [0.29, 0.717) is 12.6 Å². The van der Waals surface area contributed by atoms with Crippen molar-refractivity contribution in [1.82, 2.24) is 9.55 Å². The van der Waals surface area contributed by atoms with Crippen LogP contribution in [0.5, 0.6) is 6.01 Å². The first kappa shape index (κ1) is 15.2. The predicted molar refractivity (Wildman–Crippen MR) is 93.7 cm³/mol. The quantitative estimate of drug-likeness (QED) is 0.938. The molecule has 1 N–H and O–H groups in total. The van der Waals surface area contributed by atoms with Crippen LogP contribution in [0.25, 0.3) is 0 Å². The molecular formula is C19H23N3O2. The molecule has 0 spiro atoms. The summed E-state index contributed by atoms with van der Waals surface area (Å²) in [6.07, 6.45) is 8.50. The Morgan fingerprint density at radius 3 is 2.71 bits per heavy atom. The van der Waals surface area contributed by atoms with Crippen molar-refractivity contribution in [1.29, 1.82) is 0 Å². The van der Waals surface area contributed by atoms with Crippen LogP contribution in [-0.2, 0) is 6.54 Å². The van der Waals surface area contributed by atoms with Crippen LogP contribution in [-0.4, -0.2) is 22.2 Å². The van der Waals surface area contributed by atoms with Crippen LogP contribution in [0, 0.1) is 0 Å². The summed E-state index contributed by atoms with van der Waals surface area (Å²) < 4.78 is 7.59. The first-order valence-electron chi connectivity index (χ1n) is 8.86. The Hall–Kier alpha value is -2.30. The van der Waals surface area contributed by atoms with E-state index in [1.807, 2.05) is 4.57 Å². The van der Waals surface area contributed by atoms with Gasteiger partial charge in [0.1, 0.15) is 6.10 Å². The van der Waals surface area contributed by atoms with Gasteiger partial charge >= 0.3 is 0 Å². The molecular weight excluding hydrogens is 302 g/mol. The molecule has 1 aliphatic carbocycles. The van der Waals surface area contributed by atoms with Gasteiger partial charge in [0.05, 0.1) is 13.1 Å². The third-order valence-corrected chi connectivity index (χ3v) is 5.04. The number of nitrogens with one attached hydrogen (secondary N) is 1. The zero-order valence-electron chi connectivity index (χ0n) is 13.8. The summed E-state index contributed by atoms with van der Waals surface area (Å²) in [4.78, 5) is 15.1. The largest absolute Gasteiger partial charge is 0.457 e. The summed E-state index contributed by atoms with van der Waals surface area (Å²) >= 11 is 0. The highest BCUT2D eigenvalue weighted by Gasteiger charge is 2.22. The first-order chi connectivity index (χ1) is 11.8. The second-order valence-electron chi connectivity index (χ2n) is 6.78. The second-order valence-corrected chi connectivity index (χ2v) is 6.78. The maximum absolute atomic E-state index is 11.3. The van der Waals surface area contributed by atoms with Gasteiger partial charge in [0, 0.05) is 18.0 Å². The van der Waals surface area contributed by atoms with Crippen molar-refractivity contribution in [2.45, 2.75) is 50.7 Å². The normalized spacial score (nSPS) is 20.4. The zero-order chi connectivity index (χ0) is 16.4. The lowest BCUT2D eigenvalue weighted by Crippen LogP contribution is -2.24. The Morgan fingerprint density at radius 1 is 1.12 bits per heavy atom. The molecule has 126 valence electrons. The highest BCUT2D eigenvalue weighted by molar-refractivity contribution is 5.45. The fourth-order valence-corrected chi connectivity index (χ4v) is 3.70. The topological polar surface area (TPSA) is 56.2 Å². The Balaban J connectivity index is 1.33. The van der Waals surface area contributed by atoms with Crippen molar-refractivity contribution in [3.63, 3.8) is 0 Å². The molecule has 1 atom stereocenters. The lowest BCUT2D eigenvalue weighted by molar-refractivity contribution is 0.238. The van der Waals surface area contributed by atoms with Crippen molar-refractivity contribution in [3.05, 3.63) is 52.4 Å². The van der Waals surface area contributed by atoms with E-state index in [9.17, 15) is 4.79 Å². The maximum Gasteiger partial charge on any atom is 0.300 e. The summed E-state index contributed by atoms with van der Waals surface area (Å²) in [5, 5.41) is 3.42. The van der Waals surface area contributed by atoms with Crippen LogP contribution < -0.4 is 15.6 Å². The number of nitrogens with zero attached hydrogens (tertiary/aromatic N) is 2. The standard InChI is InChI=1S/C19H23N3O2/c23-18-10-11-22-13-17(24-19(22)21-18)12-20-16-8-6-15(7-9-16)14-4-2-1-3-5-14/h6-11,14,17,20H,1-5,12-13H2. The van der Waals surface area contributed by atoms with Crippen LogP contribution in [0.2, 0.25) is 0 Å². The molecule has 5 nitrogen and oxygen atoms in total. The molecule has 24 heavy (non-hydrogen) atoms. The molecule has 1 saturated carbocycles. The van der Waals surface area contributed by atoms with E-state index in [1.165, 1.54) is 43.7 Å². The molecule has 1 aromatic carbocycles. The number of rotatable bonds is 4. The Kier molecular flexibility index (Phi) is 4.24. The maximum atomic E-state index is 11.3. The molecule has 1 fully saturated rings. The summed E-state index contributed by atoms with van der Waals surface area (Å²) in [7, 11) is 0. The first-order valence-corrected chi connectivity index (χ1v) is 8.86. The molecule has 1 aliphatic heterocycles. The van der Waals surface area contributed by atoms with E-state index in [1.54, 1.807) is 6.20 Å². The van der Waals surface area contributed by atoms with E-state index < -0.39 is 0 Å². The van der Waals surface area contributed by atoms with Gasteiger partial charge in [0.15, 0.2) is 0 Å². The summed E-state index contributed by atoms with van der Waals surface area (Å²) in [5.41, 5.74) is 2.32. The highest BCUT2D eigenvalue weighted by atomic mass is 16.5. The van der Waals surface area contributed by atoms with Gasteiger partial charge in [-0.3, -0.25) is 9.36 Å². The van der Waals surface area contributed by atoms with Crippen molar-refractivity contribution >= 4 is 5.69 Å². The lowest BCUT2D eigenvalue weighted by Gasteiger charge is -2.22. The molecule has 0 bridgehead atoms. The van der Waals surface area contributed by atoms with E-state index in [4.69, 9.17) is 4.74 Å². The summed E-state index contributed by atoms with van der Waals surface area (Å²) in [6, 6.07) is 10.7. The Labute approximate surface area is 141 Å². The number of ether oxygens (including phenoxy) is 1. The highest BCUT2D eigenvalue weighted by Crippen LogP contribution is 2.33. The Bertz CT molecular complexity index is 748. The number of hydrogen-bond acceptors (Lipinski definition) is 4. The molecule has 0 saturated heterocycles. The second kappa shape index (κ2) is 6.67. The van der Waals surface area contributed by atoms with E-state index in [0.717, 1.165) is 18.2 Å². The number of fused-ring (bicyclic) bond motifs is 1. The van der Waals surface area contributed by atoms with E-state index >= 15 is 0 Å². The van der Waals surface area contributed by atoms with Gasteiger partial charge in [-0.2, -0.15) is 4.98 Å². The van der Waals surface area contributed by atoms with E-state index in [2.05, 4.69) is 34.6 Å². The smallest absolute Gasteiger partial charge is 0.300 e. The number of benzene rings is 1. The fraction of sp³-hybridized carbons (Fsp3) is 0.474.